The topological polar surface area (TPSA) is 87.2 Å². The number of nitriles is 1. The number of hydrogen-bond donors (Lipinski definition) is 1. The maximum Gasteiger partial charge on any atom is 0.218 e. The van der Waals surface area contributed by atoms with Crippen LogP contribution in [0.15, 0.2) is 24.3 Å². The third kappa shape index (κ3) is 4.17. The van der Waals surface area contributed by atoms with Gasteiger partial charge in [0, 0.05) is 13.1 Å². The van der Waals surface area contributed by atoms with Gasteiger partial charge in [0.2, 0.25) is 10.0 Å². The number of benzene rings is 1. The van der Waals surface area contributed by atoms with Crippen molar-refractivity contribution in [2.24, 2.45) is 11.1 Å². The molecule has 1 aliphatic heterocycles. The van der Waals surface area contributed by atoms with Crippen molar-refractivity contribution in [3.63, 3.8) is 0 Å². The minimum absolute atomic E-state index is 0. The van der Waals surface area contributed by atoms with Gasteiger partial charge in [-0.1, -0.05) is 19.1 Å². The summed E-state index contributed by atoms with van der Waals surface area (Å²) < 4.78 is 26.3. The minimum atomic E-state index is -3.35. The summed E-state index contributed by atoms with van der Waals surface area (Å²) in [5, 5.41) is 8.85. The van der Waals surface area contributed by atoms with E-state index in [2.05, 4.69) is 0 Å². The second kappa shape index (κ2) is 6.75. The van der Waals surface area contributed by atoms with Crippen molar-refractivity contribution >= 4 is 22.4 Å². The molecule has 1 aromatic rings. The Bertz CT molecular complexity index is 642. The second-order valence-electron chi connectivity index (χ2n) is 5.67. The average Bonchev–Trinajstić information content (AvgIpc) is 2.83. The van der Waals surface area contributed by atoms with Crippen molar-refractivity contribution in [3.8, 4) is 6.07 Å². The van der Waals surface area contributed by atoms with E-state index in [1.165, 1.54) is 4.31 Å². The third-order valence-electron chi connectivity index (χ3n) is 3.81. The van der Waals surface area contributed by atoms with Crippen molar-refractivity contribution in [1.82, 2.24) is 4.31 Å². The molecule has 1 aromatic carbocycles. The lowest BCUT2D eigenvalue weighted by Crippen LogP contribution is -2.35. The summed E-state index contributed by atoms with van der Waals surface area (Å²) in [6, 6.07) is 8.74. The van der Waals surface area contributed by atoms with Gasteiger partial charge in [0.1, 0.15) is 0 Å². The van der Waals surface area contributed by atoms with E-state index in [1.807, 2.05) is 13.0 Å². The predicted octanol–water partition coefficient (Wildman–Crippen LogP) is 1.48. The second-order valence-corrected chi connectivity index (χ2v) is 7.64. The van der Waals surface area contributed by atoms with Gasteiger partial charge in [0.25, 0.3) is 0 Å². The first-order chi connectivity index (χ1) is 9.38. The van der Waals surface area contributed by atoms with E-state index in [9.17, 15) is 8.42 Å². The van der Waals surface area contributed by atoms with Crippen LogP contribution in [-0.4, -0.2) is 32.4 Å². The lowest BCUT2D eigenvalue weighted by atomic mass is 9.90. The largest absolute Gasteiger partial charge is 0.330 e. The van der Waals surface area contributed by atoms with Crippen LogP contribution in [-0.2, 0) is 15.8 Å². The highest BCUT2D eigenvalue weighted by Crippen LogP contribution is 2.31. The molecule has 7 heteroatoms. The first-order valence-corrected chi connectivity index (χ1v) is 8.16. The molecule has 0 aliphatic carbocycles. The summed E-state index contributed by atoms with van der Waals surface area (Å²) in [4.78, 5) is 0. The van der Waals surface area contributed by atoms with Crippen LogP contribution in [0.25, 0.3) is 0 Å². The molecule has 0 aromatic heterocycles. The SMILES string of the molecule is CC1(CN)CCN(S(=O)(=O)Cc2cccc(C#N)c2)C1.Cl. The molecule has 0 bridgehead atoms. The lowest BCUT2D eigenvalue weighted by molar-refractivity contribution is 0.349. The van der Waals surface area contributed by atoms with E-state index in [0.717, 1.165) is 6.42 Å². The fourth-order valence-electron chi connectivity index (χ4n) is 2.42. The van der Waals surface area contributed by atoms with E-state index in [4.69, 9.17) is 11.0 Å². The average molecular weight is 330 g/mol. The zero-order chi connectivity index (χ0) is 14.8. The Kier molecular flexibility index (Phi) is 5.76. The first kappa shape index (κ1) is 17.9. The predicted molar refractivity (Wildman–Crippen MR) is 84.4 cm³/mol. The molecule has 1 saturated heterocycles. The zero-order valence-corrected chi connectivity index (χ0v) is 13.6. The normalized spacial score (nSPS) is 22.5. The van der Waals surface area contributed by atoms with Crippen LogP contribution in [0.5, 0.6) is 0 Å². The molecule has 2 rings (SSSR count). The standard InChI is InChI=1S/C14H19N3O2S.ClH/c1-14(10-16)5-6-17(11-14)20(18,19)9-13-4-2-3-12(7-13)8-15;/h2-4,7H,5-6,9-11,16H2,1H3;1H. The quantitative estimate of drug-likeness (QED) is 0.906. The van der Waals surface area contributed by atoms with E-state index < -0.39 is 10.0 Å². The Hall–Kier alpha value is -1.13. The lowest BCUT2D eigenvalue weighted by Gasteiger charge is -2.22. The van der Waals surface area contributed by atoms with Crippen molar-refractivity contribution in [2.75, 3.05) is 19.6 Å². The van der Waals surface area contributed by atoms with Crippen molar-refractivity contribution in [1.29, 1.82) is 5.26 Å². The molecule has 1 aliphatic rings. The maximum absolute atomic E-state index is 12.4. The molecule has 0 saturated carbocycles. The Morgan fingerprint density at radius 2 is 2.19 bits per heavy atom. The van der Waals surface area contributed by atoms with Crippen LogP contribution in [0.4, 0.5) is 0 Å². The molecule has 21 heavy (non-hydrogen) atoms. The number of sulfonamides is 1. The van der Waals surface area contributed by atoms with Gasteiger partial charge in [-0.15, -0.1) is 12.4 Å². The highest BCUT2D eigenvalue weighted by Gasteiger charge is 2.38. The van der Waals surface area contributed by atoms with Crippen LogP contribution < -0.4 is 5.73 Å². The van der Waals surface area contributed by atoms with E-state index in [1.54, 1.807) is 24.3 Å². The van der Waals surface area contributed by atoms with Gasteiger partial charge in [0.15, 0.2) is 0 Å². The molecule has 0 radical (unpaired) electrons. The molecule has 2 N–H and O–H groups in total. The number of nitrogens with two attached hydrogens (primary N) is 1. The highest BCUT2D eigenvalue weighted by molar-refractivity contribution is 7.88. The van der Waals surface area contributed by atoms with Gasteiger partial charge in [0.05, 0.1) is 17.4 Å². The molecule has 1 unspecified atom stereocenters. The van der Waals surface area contributed by atoms with Gasteiger partial charge in [-0.3, -0.25) is 0 Å². The Morgan fingerprint density at radius 1 is 1.48 bits per heavy atom. The summed E-state index contributed by atoms with van der Waals surface area (Å²) in [6.45, 7) is 3.50. The van der Waals surface area contributed by atoms with Crippen LogP contribution >= 0.6 is 12.4 Å². The Morgan fingerprint density at radius 3 is 2.76 bits per heavy atom. The maximum atomic E-state index is 12.4. The third-order valence-corrected chi connectivity index (χ3v) is 5.61. The van der Waals surface area contributed by atoms with Crippen LogP contribution in [0.1, 0.15) is 24.5 Å². The van der Waals surface area contributed by atoms with Crippen molar-refractivity contribution in [2.45, 2.75) is 19.1 Å². The fraction of sp³-hybridized carbons (Fsp3) is 0.500. The summed E-state index contributed by atoms with van der Waals surface area (Å²) in [6.07, 6.45) is 0.793. The molecule has 116 valence electrons. The van der Waals surface area contributed by atoms with E-state index in [0.29, 0.717) is 30.8 Å². The number of hydrogen-bond acceptors (Lipinski definition) is 4. The monoisotopic (exact) mass is 329 g/mol. The van der Waals surface area contributed by atoms with Gasteiger partial charge < -0.3 is 5.73 Å². The first-order valence-electron chi connectivity index (χ1n) is 6.55. The van der Waals surface area contributed by atoms with Crippen LogP contribution in [0.3, 0.4) is 0 Å². The number of rotatable bonds is 4. The fourth-order valence-corrected chi connectivity index (χ4v) is 4.08. The molecule has 1 heterocycles. The molecule has 0 spiro atoms. The number of nitrogens with zero attached hydrogens (tertiary/aromatic N) is 2. The molecule has 5 nitrogen and oxygen atoms in total. The molecule has 1 atom stereocenters. The minimum Gasteiger partial charge on any atom is -0.330 e. The molecular formula is C14H20ClN3O2S. The Labute approximate surface area is 132 Å². The van der Waals surface area contributed by atoms with Crippen LogP contribution in [0.2, 0.25) is 0 Å². The molecular weight excluding hydrogens is 310 g/mol. The zero-order valence-electron chi connectivity index (χ0n) is 11.9. The van der Waals surface area contributed by atoms with Crippen molar-refractivity contribution < 1.29 is 8.42 Å². The smallest absolute Gasteiger partial charge is 0.218 e. The molecule has 1 fully saturated rings. The van der Waals surface area contributed by atoms with Gasteiger partial charge in [-0.25, -0.2) is 12.7 Å². The summed E-state index contributed by atoms with van der Waals surface area (Å²) in [7, 11) is -3.35. The summed E-state index contributed by atoms with van der Waals surface area (Å²) in [5.74, 6) is -0.0663. The summed E-state index contributed by atoms with van der Waals surface area (Å²) in [5.41, 5.74) is 6.70. The molecule has 0 amide bonds. The van der Waals surface area contributed by atoms with E-state index in [-0.39, 0.29) is 23.6 Å². The summed E-state index contributed by atoms with van der Waals surface area (Å²) >= 11 is 0. The van der Waals surface area contributed by atoms with Gasteiger partial charge in [-0.05, 0) is 36.1 Å². The van der Waals surface area contributed by atoms with Crippen LogP contribution in [0, 0.1) is 16.7 Å². The highest BCUT2D eigenvalue weighted by atomic mass is 35.5. The van der Waals surface area contributed by atoms with Gasteiger partial charge in [-0.2, -0.15) is 5.26 Å². The van der Waals surface area contributed by atoms with E-state index >= 15 is 0 Å². The Balaban J connectivity index is 0.00000220. The van der Waals surface area contributed by atoms with Crippen molar-refractivity contribution in [3.05, 3.63) is 35.4 Å². The number of halogens is 1. The van der Waals surface area contributed by atoms with Gasteiger partial charge >= 0.3 is 0 Å².